The maximum absolute atomic E-state index is 6.22. The van der Waals surface area contributed by atoms with E-state index in [4.69, 9.17) is 17.3 Å². The van der Waals surface area contributed by atoms with Gasteiger partial charge in [-0.15, -0.1) is 0 Å². The van der Waals surface area contributed by atoms with Crippen LogP contribution < -0.4 is 5.73 Å². The van der Waals surface area contributed by atoms with Gasteiger partial charge in [-0.1, -0.05) is 17.7 Å². The normalized spacial score (nSPS) is 41.3. The van der Waals surface area contributed by atoms with Crippen molar-refractivity contribution in [3.05, 3.63) is 28.8 Å². The smallest absolute Gasteiger partial charge is 0.0426 e. The third-order valence-corrected chi connectivity index (χ3v) is 5.87. The Labute approximate surface area is 114 Å². The molecule has 2 heteroatoms. The van der Waals surface area contributed by atoms with E-state index in [1.165, 1.54) is 37.7 Å². The van der Waals surface area contributed by atoms with E-state index < -0.39 is 0 Å². The Morgan fingerprint density at radius 3 is 2.11 bits per heavy atom. The molecular weight excluding hydrogens is 242 g/mol. The highest BCUT2D eigenvalue weighted by molar-refractivity contribution is 6.30. The molecule has 4 aliphatic rings. The molecule has 1 nitrogen and oxygen atoms in total. The van der Waals surface area contributed by atoms with Crippen LogP contribution in [0.5, 0.6) is 0 Å². The highest BCUT2D eigenvalue weighted by Crippen LogP contribution is 2.60. The van der Waals surface area contributed by atoms with Crippen LogP contribution in [-0.4, -0.2) is 0 Å². The van der Waals surface area contributed by atoms with Crippen LogP contribution in [-0.2, 0) is 0 Å². The van der Waals surface area contributed by atoms with E-state index in [9.17, 15) is 0 Å². The fraction of sp³-hybridized carbons (Fsp3) is 0.625. The highest BCUT2D eigenvalue weighted by atomic mass is 35.5. The third kappa shape index (κ3) is 1.60. The summed E-state index contributed by atoms with van der Waals surface area (Å²) in [6, 6.07) is 6.13. The summed E-state index contributed by atoms with van der Waals surface area (Å²) >= 11 is 6.03. The molecule has 4 bridgehead atoms. The van der Waals surface area contributed by atoms with Crippen molar-refractivity contribution in [3.63, 3.8) is 0 Å². The van der Waals surface area contributed by atoms with Gasteiger partial charge in [0.15, 0.2) is 0 Å². The molecule has 0 radical (unpaired) electrons. The van der Waals surface area contributed by atoms with Crippen molar-refractivity contribution in [1.29, 1.82) is 0 Å². The number of benzene rings is 1. The molecule has 0 saturated heterocycles. The average molecular weight is 262 g/mol. The SMILES string of the molecule is Nc1cc(Cl)ccc1C1C2CC3CC(C2)CC1C3. The number of halogens is 1. The predicted molar refractivity (Wildman–Crippen MR) is 75.7 cm³/mol. The van der Waals surface area contributed by atoms with Gasteiger partial charge in [0, 0.05) is 10.7 Å². The number of nitrogen functional groups attached to an aromatic ring is 1. The van der Waals surface area contributed by atoms with Crippen LogP contribution in [0.25, 0.3) is 0 Å². The van der Waals surface area contributed by atoms with Crippen LogP contribution in [0.15, 0.2) is 18.2 Å². The summed E-state index contributed by atoms with van der Waals surface area (Å²) < 4.78 is 0. The summed E-state index contributed by atoms with van der Waals surface area (Å²) in [5.41, 5.74) is 8.52. The average Bonchev–Trinajstić information content (AvgIpc) is 2.30. The van der Waals surface area contributed by atoms with Crippen molar-refractivity contribution in [2.24, 2.45) is 23.7 Å². The van der Waals surface area contributed by atoms with Crippen LogP contribution in [0.3, 0.4) is 0 Å². The number of hydrogen-bond donors (Lipinski definition) is 1. The minimum Gasteiger partial charge on any atom is -0.398 e. The second-order valence-electron chi connectivity index (χ2n) is 6.73. The summed E-state index contributed by atoms with van der Waals surface area (Å²) in [5, 5.41) is 0.764. The number of anilines is 1. The van der Waals surface area contributed by atoms with Crippen LogP contribution in [0, 0.1) is 23.7 Å². The lowest BCUT2D eigenvalue weighted by atomic mass is 9.50. The van der Waals surface area contributed by atoms with E-state index in [0.717, 1.165) is 40.3 Å². The minimum absolute atomic E-state index is 0.718. The third-order valence-electron chi connectivity index (χ3n) is 5.63. The van der Waals surface area contributed by atoms with E-state index >= 15 is 0 Å². The van der Waals surface area contributed by atoms with Gasteiger partial charge >= 0.3 is 0 Å². The molecule has 18 heavy (non-hydrogen) atoms. The number of rotatable bonds is 1. The molecule has 0 amide bonds. The van der Waals surface area contributed by atoms with Gasteiger partial charge in [-0.2, -0.15) is 0 Å². The Balaban J connectivity index is 1.72. The van der Waals surface area contributed by atoms with Crippen molar-refractivity contribution >= 4 is 17.3 Å². The summed E-state index contributed by atoms with van der Waals surface area (Å²) in [4.78, 5) is 0. The summed E-state index contributed by atoms with van der Waals surface area (Å²) in [6.45, 7) is 0. The first-order valence-corrected chi connectivity index (χ1v) is 7.63. The van der Waals surface area contributed by atoms with Crippen LogP contribution in [0.1, 0.15) is 43.6 Å². The lowest BCUT2D eigenvalue weighted by Gasteiger charge is -2.54. The van der Waals surface area contributed by atoms with Gasteiger partial charge in [0.1, 0.15) is 0 Å². The second kappa shape index (κ2) is 3.90. The van der Waals surface area contributed by atoms with Gasteiger partial charge in [0.05, 0.1) is 0 Å². The zero-order valence-corrected chi connectivity index (χ0v) is 11.4. The van der Waals surface area contributed by atoms with Gasteiger partial charge in [0.25, 0.3) is 0 Å². The van der Waals surface area contributed by atoms with E-state index in [0.29, 0.717) is 0 Å². The minimum atomic E-state index is 0.718. The van der Waals surface area contributed by atoms with E-state index in [1.807, 2.05) is 12.1 Å². The molecule has 1 aromatic rings. The van der Waals surface area contributed by atoms with Crippen molar-refractivity contribution < 1.29 is 0 Å². The molecule has 0 atom stereocenters. The fourth-order valence-corrected chi connectivity index (χ4v) is 5.46. The van der Waals surface area contributed by atoms with Gasteiger partial charge in [0.2, 0.25) is 0 Å². The first kappa shape index (κ1) is 11.2. The molecule has 4 aliphatic carbocycles. The quantitative estimate of drug-likeness (QED) is 0.742. The van der Waals surface area contributed by atoms with Crippen LogP contribution >= 0.6 is 11.6 Å². The molecular formula is C16H20ClN. The Kier molecular flexibility index (Phi) is 2.42. The molecule has 0 heterocycles. The maximum Gasteiger partial charge on any atom is 0.0426 e. The standard InChI is InChI=1S/C16H20ClN/c17-13-1-2-14(15(18)8-13)16-11-4-9-3-10(6-11)7-12(16)5-9/h1-2,8-12,16H,3-7,18H2. The summed E-state index contributed by atoms with van der Waals surface area (Å²) in [7, 11) is 0. The van der Waals surface area contributed by atoms with Crippen LogP contribution in [0.4, 0.5) is 5.69 Å². The topological polar surface area (TPSA) is 26.0 Å². The van der Waals surface area contributed by atoms with E-state index in [2.05, 4.69) is 6.07 Å². The summed E-state index contributed by atoms with van der Waals surface area (Å²) in [6.07, 6.45) is 7.29. The maximum atomic E-state index is 6.22. The Morgan fingerprint density at radius 2 is 1.56 bits per heavy atom. The zero-order valence-electron chi connectivity index (χ0n) is 10.6. The molecule has 1 aromatic carbocycles. The first-order valence-electron chi connectivity index (χ1n) is 7.25. The first-order chi connectivity index (χ1) is 8.70. The number of hydrogen-bond acceptors (Lipinski definition) is 1. The van der Waals surface area contributed by atoms with Gasteiger partial charge in [-0.25, -0.2) is 0 Å². The molecule has 0 spiro atoms. The number of nitrogens with two attached hydrogens (primary N) is 1. The van der Waals surface area contributed by atoms with Gasteiger partial charge < -0.3 is 5.73 Å². The Hall–Kier alpha value is -0.690. The molecule has 0 aromatic heterocycles. The molecule has 4 fully saturated rings. The molecule has 96 valence electrons. The molecule has 0 unspecified atom stereocenters. The molecule has 5 rings (SSSR count). The van der Waals surface area contributed by atoms with Crippen molar-refractivity contribution in [2.75, 3.05) is 5.73 Å². The van der Waals surface area contributed by atoms with E-state index in [1.54, 1.807) is 0 Å². The zero-order chi connectivity index (χ0) is 12.3. The monoisotopic (exact) mass is 261 g/mol. The largest absolute Gasteiger partial charge is 0.398 e. The molecule has 0 aliphatic heterocycles. The van der Waals surface area contributed by atoms with Gasteiger partial charge in [-0.3, -0.25) is 0 Å². The Morgan fingerprint density at radius 1 is 0.944 bits per heavy atom. The van der Waals surface area contributed by atoms with Crippen molar-refractivity contribution in [2.45, 2.75) is 38.0 Å². The predicted octanol–water partition coefficient (Wildman–Crippen LogP) is 4.46. The van der Waals surface area contributed by atoms with E-state index in [-0.39, 0.29) is 0 Å². The van der Waals surface area contributed by atoms with Gasteiger partial charge in [-0.05, 0) is 79.4 Å². The highest BCUT2D eigenvalue weighted by Gasteiger charge is 2.48. The summed E-state index contributed by atoms with van der Waals surface area (Å²) in [5.74, 6) is 4.55. The lowest BCUT2D eigenvalue weighted by molar-refractivity contribution is -0.00254. The Bertz CT molecular complexity index is 454. The van der Waals surface area contributed by atoms with Crippen molar-refractivity contribution in [1.82, 2.24) is 0 Å². The fourth-order valence-electron chi connectivity index (χ4n) is 5.28. The molecule has 2 N–H and O–H groups in total. The van der Waals surface area contributed by atoms with Crippen LogP contribution in [0.2, 0.25) is 5.02 Å². The second-order valence-corrected chi connectivity index (χ2v) is 7.17. The lowest BCUT2D eigenvalue weighted by Crippen LogP contribution is -2.43. The molecule has 4 saturated carbocycles. The van der Waals surface area contributed by atoms with Crippen molar-refractivity contribution in [3.8, 4) is 0 Å².